The Bertz CT molecular complexity index is 463. The van der Waals surface area contributed by atoms with Gasteiger partial charge >= 0.3 is 0 Å². The molecule has 2 atom stereocenters. The highest BCUT2D eigenvalue weighted by molar-refractivity contribution is 5.33. The number of nitro groups is 1. The summed E-state index contributed by atoms with van der Waals surface area (Å²) in [6.07, 6.45) is 9.60. The molecule has 0 heterocycles. The lowest BCUT2D eigenvalue weighted by Crippen LogP contribution is -2.29. The van der Waals surface area contributed by atoms with Crippen LogP contribution >= 0.6 is 0 Å². The van der Waals surface area contributed by atoms with Crippen molar-refractivity contribution in [3.8, 4) is 0 Å². The van der Waals surface area contributed by atoms with Crippen LogP contribution in [-0.4, -0.2) is 11.0 Å². The molecule has 1 aliphatic carbocycles. The second kappa shape index (κ2) is 4.93. The molecule has 0 spiro atoms. The third-order valence-electron chi connectivity index (χ3n) is 2.82. The molecular weight excluding hydrogens is 216 g/mol. The summed E-state index contributed by atoms with van der Waals surface area (Å²) in [4.78, 5) is 10.1. The Balaban J connectivity index is 2.06. The summed E-state index contributed by atoms with van der Waals surface area (Å²) in [7, 11) is 0. The van der Waals surface area contributed by atoms with Gasteiger partial charge in [-0.1, -0.05) is 30.4 Å². The molecule has 17 heavy (non-hydrogen) atoms. The fourth-order valence-corrected chi connectivity index (χ4v) is 1.83. The summed E-state index contributed by atoms with van der Waals surface area (Å²) >= 11 is 0. The van der Waals surface area contributed by atoms with E-state index in [0.717, 1.165) is 12.0 Å². The molecule has 87 valence electrons. The molecule has 2 unspecified atom stereocenters. The normalized spacial score (nSPS) is 22.6. The van der Waals surface area contributed by atoms with Crippen LogP contribution < -0.4 is 5.73 Å². The number of non-ortho nitro benzene ring substituents is 1. The monoisotopic (exact) mass is 229 g/mol. The quantitative estimate of drug-likeness (QED) is 0.636. The van der Waals surface area contributed by atoms with Gasteiger partial charge in [0.15, 0.2) is 0 Å². The van der Waals surface area contributed by atoms with Gasteiger partial charge in [-0.15, -0.1) is 0 Å². The average Bonchev–Trinajstić information content (AvgIpc) is 2.33. The van der Waals surface area contributed by atoms with Gasteiger partial charge in [-0.05, 0) is 18.1 Å². The summed E-state index contributed by atoms with van der Waals surface area (Å²) in [6, 6.07) is 6.49. The van der Waals surface area contributed by atoms with Gasteiger partial charge in [0.25, 0.3) is 5.69 Å². The summed E-state index contributed by atoms with van der Waals surface area (Å²) in [6.45, 7) is 0. The summed E-state index contributed by atoms with van der Waals surface area (Å²) < 4.78 is 0. The molecule has 1 radical (unpaired) electrons. The fraction of sp³-hybridized carbons (Fsp3) is 0.231. The molecule has 4 heteroatoms. The predicted molar refractivity (Wildman–Crippen MR) is 65.2 cm³/mol. The first-order valence-electron chi connectivity index (χ1n) is 5.42. The Kier molecular flexibility index (Phi) is 3.35. The second-order valence-corrected chi connectivity index (χ2v) is 4.04. The Hall–Kier alpha value is -1.94. The number of nitrogens with two attached hydrogens (primary N) is 1. The summed E-state index contributed by atoms with van der Waals surface area (Å²) in [5.74, 6) is 0.210. The molecule has 4 nitrogen and oxygen atoms in total. The second-order valence-electron chi connectivity index (χ2n) is 4.04. The van der Waals surface area contributed by atoms with E-state index in [-0.39, 0.29) is 17.6 Å². The lowest BCUT2D eigenvalue weighted by Gasteiger charge is -2.19. The van der Waals surface area contributed by atoms with Crippen molar-refractivity contribution in [2.45, 2.75) is 12.5 Å². The third-order valence-corrected chi connectivity index (χ3v) is 2.82. The Labute approximate surface area is 99.6 Å². The van der Waals surface area contributed by atoms with E-state index in [4.69, 9.17) is 5.73 Å². The van der Waals surface area contributed by atoms with E-state index >= 15 is 0 Å². The molecule has 0 aliphatic heterocycles. The topological polar surface area (TPSA) is 69.2 Å². The van der Waals surface area contributed by atoms with Crippen LogP contribution in [0, 0.1) is 22.1 Å². The van der Waals surface area contributed by atoms with Crippen LogP contribution in [0.15, 0.2) is 42.5 Å². The van der Waals surface area contributed by atoms with Crippen molar-refractivity contribution >= 4 is 5.69 Å². The largest absolute Gasteiger partial charge is 0.323 e. The van der Waals surface area contributed by atoms with E-state index in [1.165, 1.54) is 12.1 Å². The van der Waals surface area contributed by atoms with Crippen molar-refractivity contribution in [1.82, 2.24) is 0 Å². The van der Waals surface area contributed by atoms with Crippen molar-refractivity contribution in [3.05, 3.63) is 64.2 Å². The Morgan fingerprint density at radius 3 is 2.65 bits per heavy atom. The van der Waals surface area contributed by atoms with Crippen molar-refractivity contribution in [1.29, 1.82) is 0 Å². The molecule has 2 N–H and O–H groups in total. The van der Waals surface area contributed by atoms with E-state index in [9.17, 15) is 10.1 Å². The number of hydrogen-bond donors (Lipinski definition) is 1. The number of hydrogen-bond acceptors (Lipinski definition) is 3. The molecule has 0 saturated carbocycles. The zero-order chi connectivity index (χ0) is 12.3. The van der Waals surface area contributed by atoms with Gasteiger partial charge in [0, 0.05) is 24.1 Å². The van der Waals surface area contributed by atoms with E-state index in [1.54, 1.807) is 12.1 Å². The predicted octanol–water partition coefficient (Wildman–Crippen LogP) is 2.01. The molecule has 2 rings (SSSR count). The zero-order valence-electron chi connectivity index (χ0n) is 9.24. The third kappa shape index (κ3) is 2.79. The highest BCUT2D eigenvalue weighted by Gasteiger charge is 2.15. The zero-order valence-corrected chi connectivity index (χ0v) is 9.24. The summed E-state index contributed by atoms with van der Waals surface area (Å²) in [5.41, 5.74) is 7.06. The van der Waals surface area contributed by atoms with Crippen LogP contribution in [-0.2, 0) is 6.42 Å². The van der Waals surface area contributed by atoms with Crippen molar-refractivity contribution in [2.24, 2.45) is 11.7 Å². The number of allylic oxidation sites excluding steroid dienone is 2. The van der Waals surface area contributed by atoms with E-state index < -0.39 is 4.92 Å². The highest BCUT2D eigenvalue weighted by atomic mass is 16.6. The van der Waals surface area contributed by atoms with Crippen LogP contribution in [0.1, 0.15) is 5.56 Å². The molecule has 0 amide bonds. The minimum atomic E-state index is -0.396. The maximum atomic E-state index is 10.5. The van der Waals surface area contributed by atoms with Gasteiger partial charge in [0.2, 0.25) is 0 Å². The van der Waals surface area contributed by atoms with Crippen LogP contribution in [0.2, 0.25) is 0 Å². The lowest BCUT2D eigenvalue weighted by atomic mass is 9.89. The van der Waals surface area contributed by atoms with Gasteiger partial charge in [0.05, 0.1) is 4.92 Å². The first-order valence-corrected chi connectivity index (χ1v) is 5.42. The summed E-state index contributed by atoms with van der Waals surface area (Å²) in [5, 5.41) is 10.5. The van der Waals surface area contributed by atoms with Gasteiger partial charge in [-0.25, -0.2) is 0 Å². The molecule has 1 aromatic rings. The van der Waals surface area contributed by atoms with Gasteiger partial charge in [0.1, 0.15) is 0 Å². The SMILES string of the molecule is NC1[C]=CC=CC1Cc1ccc([N+](=O)[O-])cc1. The highest BCUT2D eigenvalue weighted by Crippen LogP contribution is 2.19. The van der Waals surface area contributed by atoms with Gasteiger partial charge in [-0.2, -0.15) is 0 Å². The molecule has 0 bridgehead atoms. The fourth-order valence-electron chi connectivity index (χ4n) is 1.83. The van der Waals surface area contributed by atoms with E-state index in [2.05, 4.69) is 6.08 Å². The van der Waals surface area contributed by atoms with Crippen LogP contribution in [0.3, 0.4) is 0 Å². The number of nitrogens with zero attached hydrogens (tertiary/aromatic N) is 1. The van der Waals surface area contributed by atoms with Crippen LogP contribution in [0.4, 0.5) is 5.69 Å². The first kappa shape index (κ1) is 11.5. The lowest BCUT2D eigenvalue weighted by molar-refractivity contribution is -0.384. The number of rotatable bonds is 3. The Morgan fingerprint density at radius 2 is 2.06 bits per heavy atom. The van der Waals surface area contributed by atoms with E-state index in [1.807, 2.05) is 18.2 Å². The van der Waals surface area contributed by atoms with E-state index in [0.29, 0.717) is 0 Å². The maximum absolute atomic E-state index is 10.5. The van der Waals surface area contributed by atoms with Crippen molar-refractivity contribution in [3.63, 3.8) is 0 Å². The minimum Gasteiger partial charge on any atom is -0.323 e. The van der Waals surface area contributed by atoms with Crippen molar-refractivity contribution in [2.75, 3.05) is 0 Å². The molecule has 0 fully saturated rings. The number of benzene rings is 1. The standard InChI is InChI=1S/C13H13N2O2/c14-13-4-2-1-3-11(13)9-10-5-7-12(8-6-10)15(16)17/h1-3,5-8,11,13H,9,14H2. The molecular formula is C13H13N2O2. The molecule has 0 aromatic heterocycles. The Morgan fingerprint density at radius 1 is 1.35 bits per heavy atom. The average molecular weight is 229 g/mol. The van der Waals surface area contributed by atoms with Gasteiger partial charge in [-0.3, -0.25) is 10.1 Å². The smallest absolute Gasteiger partial charge is 0.269 e. The molecule has 1 aromatic carbocycles. The minimum absolute atomic E-state index is 0.102. The molecule has 0 saturated heterocycles. The van der Waals surface area contributed by atoms with Crippen LogP contribution in [0.25, 0.3) is 0 Å². The molecule has 1 aliphatic rings. The van der Waals surface area contributed by atoms with Crippen molar-refractivity contribution < 1.29 is 4.92 Å². The van der Waals surface area contributed by atoms with Gasteiger partial charge < -0.3 is 5.73 Å². The number of nitro benzene ring substituents is 1. The van der Waals surface area contributed by atoms with Crippen LogP contribution in [0.5, 0.6) is 0 Å². The maximum Gasteiger partial charge on any atom is 0.269 e. The first-order chi connectivity index (χ1) is 8.16.